The number of nitrogens with zero attached hydrogens (tertiary/aromatic N) is 1. The summed E-state index contributed by atoms with van der Waals surface area (Å²) in [4.78, 5) is 29.1. The van der Waals surface area contributed by atoms with Gasteiger partial charge in [0.1, 0.15) is 11.4 Å². The Labute approximate surface area is 229 Å². The van der Waals surface area contributed by atoms with Crippen molar-refractivity contribution in [1.29, 1.82) is 0 Å². The van der Waals surface area contributed by atoms with Crippen LogP contribution in [-0.4, -0.2) is 70.6 Å². The van der Waals surface area contributed by atoms with Crippen molar-refractivity contribution in [2.45, 2.75) is 44.0 Å². The Balaban J connectivity index is 1.99. The summed E-state index contributed by atoms with van der Waals surface area (Å²) in [5.74, 6) is 2.22. The Bertz CT molecular complexity index is 1090. The summed E-state index contributed by atoms with van der Waals surface area (Å²) in [5.41, 5.74) is 1.15. The Morgan fingerprint density at radius 3 is 2.11 bits per heavy atom. The second-order valence-electron chi connectivity index (χ2n) is 8.79. The lowest BCUT2D eigenvalue weighted by molar-refractivity contribution is -0.124. The third-order valence-electron chi connectivity index (χ3n) is 6.47. The van der Waals surface area contributed by atoms with Crippen molar-refractivity contribution >= 4 is 23.6 Å². The van der Waals surface area contributed by atoms with Gasteiger partial charge in [0, 0.05) is 17.9 Å². The zero-order valence-electron chi connectivity index (χ0n) is 23.0. The van der Waals surface area contributed by atoms with Crippen molar-refractivity contribution in [1.82, 2.24) is 10.2 Å². The third kappa shape index (κ3) is 6.40. The summed E-state index contributed by atoms with van der Waals surface area (Å²) in [6.07, 6.45) is 4.21. The molecule has 1 aliphatic rings. The number of benzene rings is 2. The molecular weight excluding hydrogens is 508 g/mol. The lowest BCUT2D eigenvalue weighted by atomic mass is 10.1. The number of ether oxygens (including phenoxy) is 5. The van der Waals surface area contributed by atoms with Crippen LogP contribution < -0.4 is 29.0 Å². The molecule has 0 saturated carbocycles. The van der Waals surface area contributed by atoms with Crippen LogP contribution >= 0.6 is 11.8 Å². The number of nitrogens with one attached hydrogen (secondary N) is 1. The molecule has 0 aromatic heterocycles. The molecule has 3 rings (SSSR count). The molecule has 0 bridgehead atoms. The molecule has 2 unspecified atom stereocenters. The molecule has 1 fully saturated rings. The highest BCUT2D eigenvalue weighted by atomic mass is 32.2. The number of unbranched alkanes of at least 4 members (excludes halogenated alkanes) is 3. The molecule has 10 heteroatoms. The zero-order valence-corrected chi connectivity index (χ0v) is 23.8. The van der Waals surface area contributed by atoms with E-state index in [2.05, 4.69) is 12.2 Å². The van der Waals surface area contributed by atoms with E-state index in [1.54, 1.807) is 37.3 Å². The quantitative estimate of drug-likeness (QED) is 0.362. The van der Waals surface area contributed by atoms with Crippen molar-refractivity contribution in [2.24, 2.45) is 0 Å². The highest BCUT2D eigenvalue weighted by Crippen LogP contribution is 2.46. The first-order valence-corrected chi connectivity index (χ1v) is 13.7. The summed E-state index contributed by atoms with van der Waals surface area (Å²) in [6.45, 7) is 2.72. The minimum absolute atomic E-state index is 0.169. The maximum atomic E-state index is 14.1. The van der Waals surface area contributed by atoms with E-state index in [9.17, 15) is 9.59 Å². The van der Waals surface area contributed by atoms with Gasteiger partial charge in [-0.05, 0) is 36.2 Å². The van der Waals surface area contributed by atoms with E-state index < -0.39 is 11.4 Å². The van der Waals surface area contributed by atoms with E-state index in [-0.39, 0.29) is 11.8 Å². The monoisotopic (exact) mass is 546 g/mol. The van der Waals surface area contributed by atoms with Crippen molar-refractivity contribution in [3.63, 3.8) is 0 Å². The maximum Gasteiger partial charge on any atom is 0.256 e. The number of hydrogen-bond acceptors (Lipinski definition) is 8. The van der Waals surface area contributed by atoms with Crippen molar-refractivity contribution in [3.05, 3.63) is 41.5 Å². The van der Waals surface area contributed by atoms with Gasteiger partial charge in [-0.1, -0.05) is 32.3 Å². The summed E-state index contributed by atoms with van der Waals surface area (Å²) >= 11 is 1.53. The fourth-order valence-electron chi connectivity index (χ4n) is 4.45. The molecule has 0 aliphatic carbocycles. The summed E-state index contributed by atoms with van der Waals surface area (Å²) in [5, 5.41) is 2.62. The van der Waals surface area contributed by atoms with E-state index in [0.717, 1.165) is 31.2 Å². The van der Waals surface area contributed by atoms with Crippen molar-refractivity contribution in [3.8, 4) is 28.7 Å². The Morgan fingerprint density at radius 2 is 1.53 bits per heavy atom. The number of amides is 2. The van der Waals surface area contributed by atoms with E-state index in [1.807, 2.05) is 12.1 Å². The van der Waals surface area contributed by atoms with Gasteiger partial charge < -0.3 is 33.9 Å². The van der Waals surface area contributed by atoms with E-state index >= 15 is 0 Å². The van der Waals surface area contributed by atoms with Crippen LogP contribution in [0.2, 0.25) is 0 Å². The van der Waals surface area contributed by atoms with Crippen LogP contribution in [0.1, 0.15) is 53.9 Å². The molecule has 0 spiro atoms. The molecule has 1 aliphatic heterocycles. The molecule has 2 aromatic rings. The van der Waals surface area contributed by atoms with Crippen LogP contribution in [0.5, 0.6) is 28.7 Å². The van der Waals surface area contributed by atoms with Crippen LogP contribution in [-0.2, 0) is 4.79 Å². The van der Waals surface area contributed by atoms with Gasteiger partial charge in [-0.2, -0.15) is 0 Å². The molecule has 2 aromatic carbocycles. The van der Waals surface area contributed by atoms with Gasteiger partial charge in [0.15, 0.2) is 23.0 Å². The number of hydrogen-bond donors (Lipinski definition) is 1. The topological polar surface area (TPSA) is 95.6 Å². The van der Waals surface area contributed by atoms with E-state index in [1.165, 1.54) is 33.1 Å². The predicted molar refractivity (Wildman–Crippen MR) is 148 cm³/mol. The molecule has 208 valence electrons. The van der Waals surface area contributed by atoms with Gasteiger partial charge in [-0.3, -0.25) is 9.59 Å². The number of carbonyl (C=O) groups excluding carboxylic acids is 2. The van der Waals surface area contributed by atoms with E-state index in [4.69, 9.17) is 23.7 Å². The number of carbonyl (C=O) groups is 2. The molecule has 0 radical (unpaired) electrons. The first-order chi connectivity index (χ1) is 18.4. The zero-order chi connectivity index (χ0) is 27.7. The second-order valence-corrected chi connectivity index (χ2v) is 9.91. The number of rotatable bonds is 13. The van der Waals surface area contributed by atoms with Gasteiger partial charge in [0.05, 0.1) is 35.5 Å². The van der Waals surface area contributed by atoms with E-state index in [0.29, 0.717) is 46.6 Å². The lowest BCUT2D eigenvalue weighted by Gasteiger charge is -2.30. The Morgan fingerprint density at radius 1 is 0.868 bits per heavy atom. The van der Waals surface area contributed by atoms with Gasteiger partial charge in [0.2, 0.25) is 11.7 Å². The SMILES string of the molecule is CCCCCCNC(=O)C1CSC(c2ccc(OC)c(OC)c2)N1C(=O)c1cc(OC)c(OC)c(OC)c1. The predicted octanol–water partition coefficient (Wildman–Crippen LogP) is 4.68. The molecule has 1 N–H and O–H groups in total. The summed E-state index contributed by atoms with van der Waals surface area (Å²) in [6, 6.07) is 8.10. The largest absolute Gasteiger partial charge is 0.493 e. The maximum absolute atomic E-state index is 14.1. The molecule has 2 amide bonds. The number of methoxy groups -OCH3 is 5. The summed E-state index contributed by atoms with van der Waals surface area (Å²) < 4.78 is 27.2. The number of thioether (sulfide) groups is 1. The van der Waals surface area contributed by atoms with Crippen LogP contribution in [0, 0.1) is 0 Å². The van der Waals surface area contributed by atoms with Gasteiger partial charge >= 0.3 is 0 Å². The minimum atomic E-state index is -0.657. The fraction of sp³-hybridized carbons (Fsp3) is 0.500. The van der Waals surface area contributed by atoms with Crippen LogP contribution in [0.3, 0.4) is 0 Å². The molecule has 9 nitrogen and oxygen atoms in total. The average Bonchev–Trinajstić information content (AvgIpc) is 3.40. The normalized spacial score (nSPS) is 16.6. The molecule has 2 atom stereocenters. The van der Waals surface area contributed by atoms with Gasteiger partial charge in [-0.15, -0.1) is 11.8 Å². The van der Waals surface area contributed by atoms with Crippen LogP contribution in [0.15, 0.2) is 30.3 Å². The summed E-state index contributed by atoms with van der Waals surface area (Å²) in [7, 11) is 7.64. The van der Waals surface area contributed by atoms with Crippen molar-refractivity contribution in [2.75, 3.05) is 47.8 Å². The minimum Gasteiger partial charge on any atom is -0.493 e. The Kier molecular flexibility index (Phi) is 10.8. The van der Waals surface area contributed by atoms with Crippen LogP contribution in [0.25, 0.3) is 0 Å². The Hall–Kier alpha value is -3.27. The molecular formula is C28H38N2O7S. The van der Waals surface area contributed by atoms with Gasteiger partial charge in [0.25, 0.3) is 5.91 Å². The average molecular weight is 547 g/mol. The fourth-order valence-corrected chi connectivity index (χ4v) is 5.87. The highest BCUT2D eigenvalue weighted by molar-refractivity contribution is 7.99. The lowest BCUT2D eigenvalue weighted by Crippen LogP contribution is -2.48. The van der Waals surface area contributed by atoms with Crippen molar-refractivity contribution < 1.29 is 33.3 Å². The highest BCUT2D eigenvalue weighted by Gasteiger charge is 2.43. The first kappa shape index (κ1) is 29.3. The smallest absolute Gasteiger partial charge is 0.256 e. The molecule has 38 heavy (non-hydrogen) atoms. The third-order valence-corrected chi connectivity index (χ3v) is 7.79. The molecule has 1 saturated heterocycles. The van der Waals surface area contributed by atoms with Crippen LogP contribution in [0.4, 0.5) is 0 Å². The van der Waals surface area contributed by atoms with Gasteiger partial charge in [-0.25, -0.2) is 0 Å². The molecule has 1 heterocycles. The standard InChI is InChI=1S/C28H38N2O7S/c1-7-8-9-10-13-29-26(31)20-17-38-28(18-11-12-21(33-2)22(14-18)34-3)30(20)27(32)19-15-23(35-4)25(37-6)24(16-19)36-5/h11-12,14-16,20,28H,7-10,13,17H2,1-6H3,(H,29,31). The first-order valence-electron chi connectivity index (χ1n) is 12.7. The second kappa shape index (κ2) is 14.0.